The lowest BCUT2D eigenvalue weighted by Crippen LogP contribution is -2.59. The van der Waals surface area contributed by atoms with Crippen LogP contribution >= 0.6 is 0 Å². The predicted molar refractivity (Wildman–Crippen MR) is 180 cm³/mol. The van der Waals surface area contributed by atoms with Crippen molar-refractivity contribution in [1.29, 1.82) is 5.26 Å². The van der Waals surface area contributed by atoms with Gasteiger partial charge < -0.3 is 29.3 Å². The van der Waals surface area contributed by atoms with Gasteiger partial charge in [-0.3, -0.25) is 4.79 Å². The number of amides is 3. The molecule has 3 aliphatic rings. The molecule has 3 amide bonds. The van der Waals surface area contributed by atoms with Crippen LogP contribution in [0.4, 0.5) is 10.5 Å². The molecule has 0 radical (unpaired) electrons. The van der Waals surface area contributed by atoms with E-state index in [2.05, 4.69) is 28.3 Å². The van der Waals surface area contributed by atoms with E-state index in [1.165, 1.54) is 56.8 Å². The topological polar surface area (TPSA) is 154 Å². The minimum atomic E-state index is -4.69. The molecule has 2 saturated heterocycles. The van der Waals surface area contributed by atoms with Gasteiger partial charge >= 0.3 is 6.03 Å². The molecule has 2 aromatic carbocycles. The number of carbonyl (C=O) groups excluding carboxylic acids is 2. The third-order valence-electron chi connectivity index (χ3n) is 10.1. The number of methoxy groups -OCH3 is 2. The number of hydrogen-bond donors (Lipinski definition) is 1. The summed E-state index contributed by atoms with van der Waals surface area (Å²) in [5, 5.41) is 12.9. The van der Waals surface area contributed by atoms with Crippen molar-refractivity contribution in [2.24, 2.45) is 5.41 Å². The number of aromatic nitrogens is 1. The van der Waals surface area contributed by atoms with Crippen LogP contribution in [-0.4, -0.2) is 89.2 Å². The molecule has 1 spiro atoms. The van der Waals surface area contributed by atoms with Gasteiger partial charge in [-0.25, -0.2) is 18.2 Å². The van der Waals surface area contributed by atoms with Gasteiger partial charge in [-0.05, 0) is 101 Å². The van der Waals surface area contributed by atoms with Crippen LogP contribution in [-0.2, 0) is 20.4 Å². The summed E-state index contributed by atoms with van der Waals surface area (Å²) in [5.41, 5.74) is -1.61. The first kappa shape index (κ1) is 34.0. The Kier molecular flexibility index (Phi) is 9.17. The second-order valence-corrected chi connectivity index (χ2v) is 14.4. The molecule has 6 rings (SSSR count). The molecule has 258 valence electrons. The zero-order valence-electron chi connectivity index (χ0n) is 28.1. The standard InChI is InChI=1S/C35H40N6O7S/c1-5-48-31-26(7-6-16-37-31)35(38-33(43)40-19-14-34(15-20-40)12-17-39(2)18-13-34)27-21-24(23-36)8-10-28(27)41(32(35)42)49(44,45)30-11-9-25(46-3)22-29(30)47-4/h6-11,16,21-22H,5,12-15,17-20H2,1-4H3,(H,38,43). The van der Waals surface area contributed by atoms with E-state index in [0.717, 1.165) is 38.8 Å². The summed E-state index contributed by atoms with van der Waals surface area (Å²) in [6.45, 7) is 4.89. The first-order chi connectivity index (χ1) is 23.5. The Morgan fingerprint density at radius 2 is 1.71 bits per heavy atom. The Morgan fingerprint density at radius 1 is 1.00 bits per heavy atom. The molecule has 4 heterocycles. The molecule has 1 N–H and O–H groups in total. The molecule has 0 bridgehead atoms. The normalized spacial score (nSPS) is 20.4. The number of fused-ring (bicyclic) bond motifs is 1. The van der Waals surface area contributed by atoms with Crippen molar-refractivity contribution in [2.75, 3.05) is 58.4 Å². The molecular weight excluding hydrogens is 648 g/mol. The smallest absolute Gasteiger partial charge is 0.318 e. The molecular formula is C35H40N6O7S. The number of pyridine rings is 1. The lowest BCUT2D eigenvalue weighted by Gasteiger charge is -2.46. The molecule has 1 aromatic heterocycles. The highest BCUT2D eigenvalue weighted by Crippen LogP contribution is 2.50. The molecule has 49 heavy (non-hydrogen) atoms. The minimum Gasteiger partial charge on any atom is -0.497 e. The van der Waals surface area contributed by atoms with Crippen molar-refractivity contribution in [1.82, 2.24) is 20.1 Å². The van der Waals surface area contributed by atoms with E-state index < -0.39 is 27.5 Å². The fraction of sp³-hybridized carbons (Fsp3) is 0.429. The minimum absolute atomic E-state index is 0.0302. The lowest BCUT2D eigenvalue weighted by molar-refractivity contribution is -0.121. The number of ether oxygens (including phenoxy) is 3. The van der Waals surface area contributed by atoms with Crippen LogP contribution in [0.5, 0.6) is 17.4 Å². The van der Waals surface area contributed by atoms with Crippen LogP contribution in [0.2, 0.25) is 0 Å². The number of likely N-dealkylation sites (tertiary alicyclic amines) is 2. The van der Waals surface area contributed by atoms with Crippen molar-refractivity contribution in [3.63, 3.8) is 0 Å². The van der Waals surface area contributed by atoms with E-state index in [4.69, 9.17) is 14.2 Å². The number of piperidine rings is 2. The van der Waals surface area contributed by atoms with Crippen LogP contribution in [0.15, 0.2) is 59.6 Å². The highest BCUT2D eigenvalue weighted by atomic mass is 32.2. The van der Waals surface area contributed by atoms with Crippen LogP contribution in [0.25, 0.3) is 0 Å². The van der Waals surface area contributed by atoms with Crippen molar-refractivity contribution in [3.8, 4) is 23.4 Å². The quantitative estimate of drug-likeness (QED) is 0.369. The maximum atomic E-state index is 15.2. The van der Waals surface area contributed by atoms with Crippen LogP contribution in [0.1, 0.15) is 49.3 Å². The predicted octanol–water partition coefficient (Wildman–Crippen LogP) is 3.87. The Bertz CT molecular complexity index is 1910. The van der Waals surface area contributed by atoms with E-state index in [1.54, 1.807) is 24.0 Å². The zero-order valence-corrected chi connectivity index (χ0v) is 28.9. The Morgan fingerprint density at radius 3 is 2.37 bits per heavy atom. The Balaban J connectivity index is 1.49. The van der Waals surface area contributed by atoms with Crippen molar-refractivity contribution in [3.05, 3.63) is 71.4 Å². The van der Waals surface area contributed by atoms with E-state index in [9.17, 15) is 18.5 Å². The van der Waals surface area contributed by atoms with E-state index in [1.807, 2.05) is 0 Å². The molecule has 0 aliphatic carbocycles. The fourth-order valence-corrected chi connectivity index (χ4v) is 8.78. The Labute approximate surface area is 286 Å². The molecule has 1 unspecified atom stereocenters. The second-order valence-electron chi connectivity index (χ2n) is 12.7. The maximum absolute atomic E-state index is 15.2. The van der Waals surface area contributed by atoms with Gasteiger partial charge in [0.05, 0.1) is 43.7 Å². The summed E-state index contributed by atoms with van der Waals surface area (Å²) < 4.78 is 46.4. The van der Waals surface area contributed by atoms with Crippen molar-refractivity contribution < 1.29 is 32.2 Å². The molecule has 3 aromatic rings. The Hall–Kier alpha value is -4.87. The van der Waals surface area contributed by atoms with Gasteiger partial charge in [0.2, 0.25) is 5.88 Å². The van der Waals surface area contributed by atoms with Gasteiger partial charge in [0.25, 0.3) is 15.9 Å². The summed E-state index contributed by atoms with van der Waals surface area (Å²) >= 11 is 0. The number of nitrogens with zero attached hydrogens (tertiary/aromatic N) is 5. The number of nitriles is 1. The largest absolute Gasteiger partial charge is 0.497 e. The number of hydrogen-bond acceptors (Lipinski definition) is 10. The molecule has 3 aliphatic heterocycles. The van der Waals surface area contributed by atoms with Crippen molar-refractivity contribution >= 4 is 27.6 Å². The first-order valence-corrected chi connectivity index (χ1v) is 17.7. The van der Waals surface area contributed by atoms with E-state index in [-0.39, 0.29) is 50.9 Å². The van der Waals surface area contributed by atoms with Gasteiger partial charge in [0.15, 0.2) is 5.54 Å². The van der Waals surface area contributed by atoms with Gasteiger partial charge in [0, 0.05) is 30.9 Å². The average Bonchev–Trinajstić information content (AvgIpc) is 3.37. The lowest BCUT2D eigenvalue weighted by atomic mass is 9.71. The molecule has 14 heteroatoms. The molecule has 2 fully saturated rings. The maximum Gasteiger partial charge on any atom is 0.318 e. The highest BCUT2D eigenvalue weighted by molar-refractivity contribution is 7.93. The summed E-state index contributed by atoms with van der Waals surface area (Å²) in [4.78, 5) is 37.6. The number of rotatable bonds is 8. The van der Waals surface area contributed by atoms with E-state index in [0.29, 0.717) is 23.1 Å². The number of carbonyl (C=O) groups is 2. The SMILES string of the molecule is CCOc1ncccc1C1(NC(=O)N2CCC3(CCN(C)CC3)CC2)C(=O)N(S(=O)(=O)c2ccc(OC)cc2OC)c2ccc(C#N)cc21. The summed E-state index contributed by atoms with van der Waals surface area (Å²) in [6.07, 6.45) is 5.23. The van der Waals surface area contributed by atoms with Gasteiger partial charge in [0.1, 0.15) is 16.4 Å². The average molecular weight is 689 g/mol. The second kappa shape index (κ2) is 13.2. The van der Waals surface area contributed by atoms with Gasteiger partial charge in [-0.1, -0.05) is 0 Å². The van der Waals surface area contributed by atoms with Gasteiger partial charge in [-0.15, -0.1) is 0 Å². The number of sulfonamides is 1. The number of nitrogens with one attached hydrogen (secondary N) is 1. The third-order valence-corrected chi connectivity index (χ3v) is 11.8. The number of urea groups is 1. The highest BCUT2D eigenvalue weighted by Gasteiger charge is 2.59. The van der Waals surface area contributed by atoms with Gasteiger partial charge in [-0.2, -0.15) is 9.57 Å². The fourth-order valence-electron chi connectivity index (χ4n) is 7.18. The first-order valence-electron chi connectivity index (χ1n) is 16.2. The summed E-state index contributed by atoms with van der Waals surface area (Å²) in [7, 11) is 0.183. The third kappa shape index (κ3) is 5.80. The molecule has 13 nitrogen and oxygen atoms in total. The monoisotopic (exact) mass is 688 g/mol. The van der Waals surface area contributed by atoms with Crippen molar-refractivity contribution in [2.45, 2.75) is 43.0 Å². The number of anilines is 1. The molecule has 0 saturated carbocycles. The number of benzene rings is 2. The van der Waals surface area contributed by atoms with E-state index >= 15 is 4.79 Å². The summed E-state index contributed by atoms with van der Waals surface area (Å²) in [6, 6.07) is 13.1. The molecule has 1 atom stereocenters. The summed E-state index contributed by atoms with van der Waals surface area (Å²) in [5.74, 6) is -0.639. The zero-order chi connectivity index (χ0) is 35.0. The van der Waals surface area contributed by atoms with Crippen LogP contribution in [0.3, 0.4) is 0 Å². The van der Waals surface area contributed by atoms with Crippen LogP contribution in [0, 0.1) is 16.7 Å². The van der Waals surface area contributed by atoms with Crippen LogP contribution < -0.4 is 23.8 Å².